The Morgan fingerprint density at radius 3 is 2.35 bits per heavy atom. The Labute approximate surface area is 249 Å². The fraction of sp³-hybridized carbons (Fsp3) is 0.294. The van der Waals surface area contributed by atoms with Gasteiger partial charge in [-0.15, -0.1) is 0 Å². The van der Waals surface area contributed by atoms with Gasteiger partial charge >= 0.3 is 0 Å². The van der Waals surface area contributed by atoms with Crippen molar-refractivity contribution in [3.8, 4) is 40.0 Å². The Morgan fingerprint density at radius 2 is 1.67 bits per heavy atom. The molecule has 0 bridgehead atoms. The van der Waals surface area contributed by atoms with Gasteiger partial charge in [0.15, 0.2) is 11.9 Å². The largest absolute Gasteiger partial charge is 0.528 e. The van der Waals surface area contributed by atoms with Crippen molar-refractivity contribution in [1.29, 1.82) is 0 Å². The summed E-state index contributed by atoms with van der Waals surface area (Å²) in [4.78, 5) is 22.8. The summed E-state index contributed by atoms with van der Waals surface area (Å²) < 4.78 is 17.9. The van der Waals surface area contributed by atoms with Crippen molar-refractivity contribution in [2.75, 3.05) is 13.2 Å². The number of rotatable bonds is 9. The van der Waals surface area contributed by atoms with Gasteiger partial charge < -0.3 is 19.1 Å². The van der Waals surface area contributed by atoms with Gasteiger partial charge in [-0.1, -0.05) is 61.9 Å². The zero-order valence-electron chi connectivity index (χ0n) is 24.3. The van der Waals surface area contributed by atoms with Crippen LogP contribution in [0.4, 0.5) is 0 Å². The van der Waals surface area contributed by atoms with E-state index in [1.165, 1.54) is 0 Å². The lowest BCUT2D eigenvalue weighted by Crippen LogP contribution is -2.28. The maximum absolute atomic E-state index is 14.0. The van der Waals surface area contributed by atoms with Crippen LogP contribution in [0.25, 0.3) is 28.2 Å². The van der Waals surface area contributed by atoms with Gasteiger partial charge in [0.2, 0.25) is 0 Å². The molecule has 3 aromatic carbocycles. The molecular weight excluding hydrogens is 544 g/mol. The average Bonchev–Trinajstić information content (AvgIpc) is 3.47. The summed E-state index contributed by atoms with van der Waals surface area (Å²) in [6.45, 7) is 5.41. The Morgan fingerprint density at radius 1 is 0.953 bits per heavy atom. The third-order valence-electron chi connectivity index (χ3n) is 7.70. The number of hydrogen-bond donors (Lipinski definition) is 0. The van der Waals surface area contributed by atoms with Crippen LogP contribution in [0.2, 0.25) is 0 Å². The minimum atomic E-state index is -0.723. The summed E-state index contributed by atoms with van der Waals surface area (Å²) in [5, 5.41) is 15.3. The van der Waals surface area contributed by atoms with Crippen LogP contribution < -0.4 is 15.4 Å². The van der Waals surface area contributed by atoms with Crippen molar-refractivity contribution in [1.82, 2.24) is 19.7 Å². The van der Waals surface area contributed by atoms with Crippen LogP contribution in [0.5, 0.6) is 11.8 Å². The van der Waals surface area contributed by atoms with Gasteiger partial charge in [-0.25, -0.2) is 9.97 Å². The first kappa shape index (κ1) is 28.4. The first-order chi connectivity index (χ1) is 21.0. The third-order valence-corrected chi connectivity index (χ3v) is 7.70. The lowest BCUT2D eigenvalue weighted by molar-refractivity contribution is -0.303. The van der Waals surface area contributed by atoms with Gasteiger partial charge in [-0.05, 0) is 54.3 Å². The first-order valence-electron chi connectivity index (χ1n) is 14.7. The average molecular weight is 578 g/mol. The van der Waals surface area contributed by atoms with Gasteiger partial charge in [0.25, 0.3) is 5.56 Å². The molecule has 0 aliphatic carbocycles. The lowest BCUT2D eigenvalue weighted by atomic mass is 9.96. The Bertz CT molecular complexity index is 1750. The highest BCUT2D eigenvalue weighted by atomic mass is 16.6. The number of hydrogen-bond acceptors (Lipinski definition) is 8. The predicted octanol–water partition coefficient (Wildman–Crippen LogP) is 5.43. The van der Waals surface area contributed by atoms with E-state index in [2.05, 4.69) is 21.6 Å². The molecule has 0 N–H and O–H groups in total. The normalized spacial score (nSPS) is 13.7. The van der Waals surface area contributed by atoms with E-state index in [4.69, 9.17) is 14.5 Å². The van der Waals surface area contributed by atoms with E-state index in [1.807, 2.05) is 79.7 Å². The minimum absolute atomic E-state index is 0.0611. The Balaban J connectivity index is 1.28. The molecule has 2 aromatic heterocycles. The van der Waals surface area contributed by atoms with Crippen molar-refractivity contribution >= 4 is 0 Å². The lowest BCUT2D eigenvalue weighted by Gasteiger charge is -2.23. The number of benzene rings is 3. The van der Waals surface area contributed by atoms with Gasteiger partial charge in [0, 0.05) is 30.4 Å². The fourth-order valence-corrected chi connectivity index (χ4v) is 5.56. The second-order valence-corrected chi connectivity index (χ2v) is 10.7. The molecule has 1 aliphatic rings. The van der Waals surface area contributed by atoms with Crippen molar-refractivity contribution in [2.45, 2.75) is 52.1 Å². The van der Waals surface area contributed by atoms with Crippen LogP contribution in [-0.2, 0) is 17.6 Å². The molecule has 1 saturated heterocycles. The van der Waals surface area contributed by atoms with E-state index in [0.29, 0.717) is 23.4 Å². The molecule has 1 aliphatic heterocycles. The van der Waals surface area contributed by atoms with Crippen LogP contribution in [-0.4, -0.2) is 39.0 Å². The molecule has 6 rings (SSSR count). The molecular formula is C34H33N4O5-. The molecule has 0 unspecified atom stereocenters. The molecule has 43 heavy (non-hydrogen) atoms. The van der Waals surface area contributed by atoms with Gasteiger partial charge in [-0.2, -0.15) is 5.16 Å². The van der Waals surface area contributed by atoms with E-state index in [-0.39, 0.29) is 17.5 Å². The van der Waals surface area contributed by atoms with E-state index in [0.717, 1.165) is 72.7 Å². The maximum Gasteiger partial charge on any atom is 0.261 e. The zero-order chi connectivity index (χ0) is 29.8. The zero-order valence-corrected chi connectivity index (χ0v) is 24.3. The van der Waals surface area contributed by atoms with Crippen molar-refractivity contribution in [3.63, 3.8) is 0 Å². The van der Waals surface area contributed by atoms with E-state index >= 15 is 0 Å². The van der Waals surface area contributed by atoms with Crippen LogP contribution in [0.1, 0.15) is 48.8 Å². The van der Waals surface area contributed by atoms with Crippen LogP contribution in [0, 0.1) is 6.92 Å². The number of ether oxygens (including phenoxy) is 2. The third kappa shape index (κ3) is 6.22. The second kappa shape index (κ2) is 12.6. The number of nitrogens with zero attached hydrogens (tertiary/aromatic N) is 4. The molecule has 3 heterocycles. The molecule has 0 amide bonds. The maximum atomic E-state index is 14.0. The van der Waals surface area contributed by atoms with Crippen LogP contribution in [0.15, 0.2) is 82.1 Å². The highest BCUT2D eigenvalue weighted by molar-refractivity contribution is 5.80. The van der Waals surface area contributed by atoms with E-state index in [9.17, 15) is 9.90 Å². The van der Waals surface area contributed by atoms with Gasteiger partial charge in [0.05, 0.1) is 24.6 Å². The molecule has 0 saturated carbocycles. The Hall–Kier alpha value is -4.76. The monoisotopic (exact) mass is 577 g/mol. The quantitative estimate of drug-likeness (QED) is 0.228. The van der Waals surface area contributed by atoms with Gasteiger partial charge in [-0.3, -0.25) is 9.36 Å². The summed E-state index contributed by atoms with van der Waals surface area (Å²) in [5.74, 6) is 1.69. The van der Waals surface area contributed by atoms with E-state index < -0.39 is 6.08 Å². The highest BCUT2D eigenvalue weighted by Gasteiger charge is 2.18. The molecule has 220 valence electrons. The van der Waals surface area contributed by atoms with Gasteiger partial charge in [0.1, 0.15) is 17.7 Å². The summed E-state index contributed by atoms with van der Waals surface area (Å²) in [7, 11) is 0. The molecule has 9 nitrogen and oxygen atoms in total. The smallest absolute Gasteiger partial charge is 0.261 e. The summed E-state index contributed by atoms with van der Waals surface area (Å²) in [6, 6.07) is 23.3. The topological polar surface area (TPSA) is 115 Å². The second-order valence-electron chi connectivity index (χ2n) is 10.7. The number of aryl methyl sites for hydroxylation is 2. The standard InChI is InChI=1S/C34H34N4O5/c1-3-6-31-30(21-23-9-11-24(12-10-23)28-7-4-5-8-29(28)32-36-34(40)43-37-32)33(39)38(22(2)35-31)25-13-15-26(16-14-25)42-27-17-19-41-20-18-27/h4-5,7-16,27H,3,6,17-21H2,1-2H3,(H,36,37,40)/p-1. The van der Waals surface area contributed by atoms with Crippen LogP contribution in [0.3, 0.4) is 0 Å². The number of aromatic nitrogens is 4. The summed E-state index contributed by atoms with van der Waals surface area (Å²) in [6.07, 6.45) is 3.25. The molecule has 0 radical (unpaired) electrons. The Kier molecular flexibility index (Phi) is 8.33. The van der Waals surface area contributed by atoms with Crippen molar-refractivity contribution in [3.05, 3.63) is 106 Å². The van der Waals surface area contributed by atoms with Crippen molar-refractivity contribution in [2.24, 2.45) is 0 Å². The molecule has 1 fully saturated rings. The van der Waals surface area contributed by atoms with Crippen LogP contribution >= 0.6 is 0 Å². The predicted molar refractivity (Wildman–Crippen MR) is 160 cm³/mol. The van der Waals surface area contributed by atoms with E-state index in [1.54, 1.807) is 4.57 Å². The molecule has 0 spiro atoms. The molecule has 9 heteroatoms. The van der Waals surface area contributed by atoms with Crippen molar-refractivity contribution < 1.29 is 19.1 Å². The fourth-order valence-electron chi connectivity index (χ4n) is 5.56. The first-order valence-corrected chi connectivity index (χ1v) is 14.7. The SMILES string of the molecule is CCCc1nc(C)n(-c2ccc(OC3CCOCC3)cc2)c(=O)c1Cc1ccc(-c2ccccc2-c2noc([O-])n2)cc1. The summed E-state index contributed by atoms with van der Waals surface area (Å²) >= 11 is 0. The minimum Gasteiger partial charge on any atom is -0.528 e. The highest BCUT2D eigenvalue weighted by Crippen LogP contribution is 2.31. The molecule has 0 atom stereocenters. The summed E-state index contributed by atoms with van der Waals surface area (Å²) in [5.41, 5.74) is 5.74. The molecule has 5 aromatic rings.